The van der Waals surface area contributed by atoms with Crippen LogP contribution in [-0.2, 0) is 30.4 Å². The lowest BCUT2D eigenvalue weighted by Crippen LogP contribution is -2.56. The smallest absolute Gasteiger partial charge is 0.328 e. The van der Waals surface area contributed by atoms with Crippen molar-refractivity contribution in [2.75, 3.05) is 6.54 Å². The minimum absolute atomic E-state index is 0.0566. The molecule has 0 saturated heterocycles. The molecule has 0 aromatic heterocycles. The Morgan fingerprint density at radius 3 is 2.12 bits per heavy atom. The standard InChI is InChI=1S/C19H27N5O8/c1-9(25)16(19(31)32)24-18(30)13(7-14(21)27)23-15(28)8-22-17(29)12(20)6-10-2-4-11(26)5-3-10/h2-5,9,12-13,16,25-26H,6-8,20H2,1H3,(H2,21,27)(H,22,29)(H,23,28)(H,24,30)(H,31,32). The zero-order valence-electron chi connectivity index (χ0n) is 17.3. The summed E-state index contributed by atoms with van der Waals surface area (Å²) in [6.45, 7) is 0.557. The molecule has 1 aromatic carbocycles. The number of phenols is 1. The maximum atomic E-state index is 12.3. The van der Waals surface area contributed by atoms with E-state index in [0.717, 1.165) is 6.92 Å². The molecule has 13 heteroatoms. The Morgan fingerprint density at radius 1 is 1.03 bits per heavy atom. The van der Waals surface area contributed by atoms with E-state index in [1.807, 2.05) is 5.32 Å². The number of phenolic OH excluding ortho intramolecular Hbond substituents is 1. The Kier molecular flexibility index (Phi) is 10.1. The van der Waals surface area contributed by atoms with Crippen LogP contribution in [0.3, 0.4) is 0 Å². The lowest BCUT2D eigenvalue weighted by atomic mass is 10.1. The first-order valence-electron chi connectivity index (χ1n) is 9.50. The summed E-state index contributed by atoms with van der Waals surface area (Å²) in [7, 11) is 0. The lowest BCUT2D eigenvalue weighted by molar-refractivity contribution is -0.145. The SMILES string of the molecule is CC(O)C(NC(=O)C(CC(N)=O)NC(=O)CNC(=O)C(N)Cc1ccc(O)cc1)C(=O)O. The van der Waals surface area contributed by atoms with Crippen LogP contribution in [0, 0.1) is 0 Å². The van der Waals surface area contributed by atoms with E-state index in [1.165, 1.54) is 12.1 Å². The Labute approximate surface area is 183 Å². The van der Waals surface area contributed by atoms with Gasteiger partial charge in [-0.15, -0.1) is 0 Å². The molecule has 0 heterocycles. The summed E-state index contributed by atoms with van der Waals surface area (Å²) in [5, 5.41) is 34.2. The fourth-order valence-electron chi connectivity index (χ4n) is 2.58. The van der Waals surface area contributed by atoms with E-state index in [0.29, 0.717) is 5.56 Å². The van der Waals surface area contributed by atoms with E-state index in [4.69, 9.17) is 16.6 Å². The fraction of sp³-hybridized carbons (Fsp3) is 0.421. The first-order valence-corrected chi connectivity index (χ1v) is 9.50. The molecule has 0 spiro atoms. The molecule has 1 rings (SSSR count). The predicted octanol–water partition coefficient (Wildman–Crippen LogP) is -3.31. The minimum atomic E-state index is -1.67. The van der Waals surface area contributed by atoms with E-state index in [9.17, 15) is 34.2 Å². The van der Waals surface area contributed by atoms with Gasteiger partial charge in [0.2, 0.25) is 23.6 Å². The summed E-state index contributed by atoms with van der Waals surface area (Å²) in [5.74, 6) is -4.99. The Morgan fingerprint density at radius 2 is 1.62 bits per heavy atom. The summed E-state index contributed by atoms with van der Waals surface area (Å²) in [5.41, 5.74) is 11.5. The highest BCUT2D eigenvalue weighted by atomic mass is 16.4. The van der Waals surface area contributed by atoms with Crippen LogP contribution in [0.15, 0.2) is 24.3 Å². The Balaban J connectivity index is 2.65. The molecule has 4 amide bonds. The highest BCUT2D eigenvalue weighted by Gasteiger charge is 2.30. The second-order valence-corrected chi connectivity index (χ2v) is 7.05. The number of rotatable bonds is 12. The molecule has 0 bridgehead atoms. The number of aliphatic hydroxyl groups excluding tert-OH is 1. The number of amides is 4. The summed E-state index contributed by atoms with van der Waals surface area (Å²) >= 11 is 0. The quantitative estimate of drug-likeness (QED) is 0.158. The molecule has 32 heavy (non-hydrogen) atoms. The third kappa shape index (κ3) is 8.97. The van der Waals surface area contributed by atoms with Gasteiger partial charge in [0.25, 0.3) is 0 Å². The van der Waals surface area contributed by atoms with E-state index >= 15 is 0 Å². The minimum Gasteiger partial charge on any atom is -0.508 e. The van der Waals surface area contributed by atoms with Gasteiger partial charge in [0.1, 0.15) is 11.8 Å². The number of aromatic hydroxyl groups is 1. The van der Waals surface area contributed by atoms with Gasteiger partial charge in [0, 0.05) is 0 Å². The Bertz CT molecular complexity index is 843. The van der Waals surface area contributed by atoms with Gasteiger partial charge in [-0.3, -0.25) is 19.2 Å². The first kappa shape index (κ1) is 26.3. The molecule has 0 fully saturated rings. The van der Waals surface area contributed by atoms with Crippen LogP contribution in [0.25, 0.3) is 0 Å². The molecular weight excluding hydrogens is 426 g/mol. The maximum Gasteiger partial charge on any atom is 0.328 e. The number of nitrogens with one attached hydrogen (secondary N) is 3. The highest BCUT2D eigenvalue weighted by Crippen LogP contribution is 2.10. The van der Waals surface area contributed by atoms with Crippen molar-refractivity contribution in [1.29, 1.82) is 0 Å². The van der Waals surface area contributed by atoms with Crippen LogP contribution >= 0.6 is 0 Å². The summed E-state index contributed by atoms with van der Waals surface area (Å²) < 4.78 is 0. The van der Waals surface area contributed by atoms with Crippen LogP contribution in [0.5, 0.6) is 5.75 Å². The van der Waals surface area contributed by atoms with E-state index in [-0.39, 0.29) is 12.2 Å². The average molecular weight is 453 g/mol. The van der Waals surface area contributed by atoms with Crippen molar-refractivity contribution >= 4 is 29.6 Å². The van der Waals surface area contributed by atoms with Crippen molar-refractivity contribution in [3.63, 3.8) is 0 Å². The van der Waals surface area contributed by atoms with Gasteiger partial charge in [0.15, 0.2) is 6.04 Å². The van der Waals surface area contributed by atoms with Crippen LogP contribution in [-0.4, -0.2) is 75.7 Å². The second-order valence-electron chi connectivity index (χ2n) is 7.05. The van der Waals surface area contributed by atoms with Crippen molar-refractivity contribution in [2.24, 2.45) is 11.5 Å². The number of hydrogen-bond acceptors (Lipinski definition) is 8. The van der Waals surface area contributed by atoms with Gasteiger partial charge in [-0.05, 0) is 31.0 Å². The van der Waals surface area contributed by atoms with Gasteiger partial charge in [-0.25, -0.2) is 4.79 Å². The van der Waals surface area contributed by atoms with Crippen LogP contribution < -0.4 is 27.4 Å². The third-order valence-corrected chi connectivity index (χ3v) is 4.26. The molecule has 0 aliphatic heterocycles. The number of aliphatic hydroxyl groups is 1. The van der Waals surface area contributed by atoms with Crippen LogP contribution in [0.4, 0.5) is 0 Å². The van der Waals surface area contributed by atoms with Gasteiger partial charge in [-0.1, -0.05) is 12.1 Å². The predicted molar refractivity (Wildman–Crippen MR) is 110 cm³/mol. The van der Waals surface area contributed by atoms with E-state index in [2.05, 4.69) is 10.6 Å². The maximum absolute atomic E-state index is 12.3. The molecule has 4 atom stereocenters. The zero-order chi connectivity index (χ0) is 24.4. The molecule has 13 nitrogen and oxygen atoms in total. The van der Waals surface area contributed by atoms with Gasteiger partial charge in [-0.2, -0.15) is 0 Å². The lowest BCUT2D eigenvalue weighted by Gasteiger charge is -2.22. The highest BCUT2D eigenvalue weighted by molar-refractivity contribution is 5.95. The zero-order valence-corrected chi connectivity index (χ0v) is 17.3. The molecule has 0 saturated carbocycles. The summed E-state index contributed by atoms with van der Waals surface area (Å²) in [6, 6.07) is 1.84. The number of hydrogen-bond donors (Lipinski definition) is 8. The van der Waals surface area contributed by atoms with Gasteiger partial charge < -0.3 is 42.7 Å². The number of nitrogens with two attached hydrogens (primary N) is 2. The number of benzene rings is 1. The summed E-state index contributed by atoms with van der Waals surface area (Å²) in [4.78, 5) is 58.8. The van der Waals surface area contributed by atoms with Crippen LogP contribution in [0.2, 0.25) is 0 Å². The van der Waals surface area contributed by atoms with Gasteiger partial charge >= 0.3 is 5.97 Å². The molecule has 1 aromatic rings. The first-order chi connectivity index (χ1) is 14.9. The summed E-state index contributed by atoms with van der Waals surface area (Å²) in [6.07, 6.45) is -1.95. The molecular formula is C19H27N5O8. The van der Waals surface area contributed by atoms with Crippen LogP contribution in [0.1, 0.15) is 18.9 Å². The third-order valence-electron chi connectivity index (χ3n) is 4.26. The molecule has 0 radical (unpaired) electrons. The van der Waals surface area contributed by atoms with Crippen molar-refractivity contribution in [3.05, 3.63) is 29.8 Å². The number of aliphatic carboxylic acids is 1. The van der Waals surface area contributed by atoms with E-state index in [1.54, 1.807) is 12.1 Å². The van der Waals surface area contributed by atoms with Crippen molar-refractivity contribution in [1.82, 2.24) is 16.0 Å². The number of carboxylic acid groups (broad SMARTS) is 1. The Hall–Kier alpha value is -3.71. The van der Waals surface area contributed by atoms with Crippen molar-refractivity contribution in [3.8, 4) is 5.75 Å². The van der Waals surface area contributed by atoms with E-state index < -0.39 is 66.8 Å². The second kappa shape index (κ2) is 12.2. The normalized spacial score (nSPS) is 14.3. The van der Waals surface area contributed by atoms with Gasteiger partial charge in [0.05, 0.1) is 25.1 Å². The van der Waals surface area contributed by atoms with Crippen molar-refractivity contribution in [2.45, 2.75) is 44.0 Å². The molecule has 10 N–H and O–H groups in total. The number of carboxylic acids is 1. The fourth-order valence-corrected chi connectivity index (χ4v) is 2.58. The molecule has 176 valence electrons. The average Bonchev–Trinajstić information content (AvgIpc) is 2.70. The molecule has 4 unspecified atom stereocenters. The number of carbonyl (C=O) groups is 5. The topological polar surface area (TPSA) is 234 Å². The largest absolute Gasteiger partial charge is 0.508 e. The van der Waals surface area contributed by atoms with Crippen molar-refractivity contribution < 1.29 is 39.3 Å². The number of primary amides is 1. The number of carbonyl (C=O) groups excluding carboxylic acids is 4. The molecule has 0 aliphatic carbocycles. The monoisotopic (exact) mass is 453 g/mol. The molecule has 0 aliphatic rings.